The Hall–Kier alpha value is -0.600. The van der Waals surface area contributed by atoms with Crippen LogP contribution in [0.1, 0.15) is 96.8 Å². The average molecular weight is 399 g/mol. The summed E-state index contributed by atoms with van der Waals surface area (Å²) in [6.45, 7) is 3.63. The zero-order valence-corrected chi connectivity index (χ0v) is 19.5. The standard InChI is InChI=1S/C19H42N.C5H5N.ClH/c1-5-6-7-8-9-10-11-12-13-14-15-16-17-18-19-20(2,3)4;1-2-4-6-5-3-1;/h5-19H2,1-4H3;1-5H;1H/q+1;;/p-1. The van der Waals surface area contributed by atoms with Crippen LogP contribution in [0.5, 0.6) is 0 Å². The van der Waals surface area contributed by atoms with E-state index in [1.54, 1.807) is 12.4 Å². The monoisotopic (exact) mass is 398 g/mol. The van der Waals surface area contributed by atoms with E-state index in [9.17, 15) is 0 Å². The Morgan fingerprint density at radius 3 is 1.19 bits per heavy atom. The van der Waals surface area contributed by atoms with Crippen LogP contribution >= 0.6 is 0 Å². The van der Waals surface area contributed by atoms with Gasteiger partial charge in [0.15, 0.2) is 0 Å². The lowest BCUT2D eigenvalue weighted by atomic mass is 10.0. The van der Waals surface area contributed by atoms with Gasteiger partial charge in [0, 0.05) is 12.4 Å². The van der Waals surface area contributed by atoms with Crippen LogP contribution in [0, 0.1) is 0 Å². The molecule has 3 heteroatoms. The van der Waals surface area contributed by atoms with Gasteiger partial charge in [-0.05, 0) is 25.0 Å². The highest BCUT2D eigenvalue weighted by Gasteiger charge is 2.04. The van der Waals surface area contributed by atoms with Gasteiger partial charge in [-0.2, -0.15) is 0 Å². The van der Waals surface area contributed by atoms with E-state index >= 15 is 0 Å². The Bertz CT molecular complexity index is 336. The second-order valence-electron chi connectivity index (χ2n) is 8.63. The number of pyridine rings is 1. The van der Waals surface area contributed by atoms with Crippen molar-refractivity contribution in [3.63, 3.8) is 0 Å². The minimum atomic E-state index is 0. The van der Waals surface area contributed by atoms with Crippen LogP contribution < -0.4 is 12.4 Å². The van der Waals surface area contributed by atoms with E-state index in [0.29, 0.717) is 0 Å². The fourth-order valence-corrected chi connectivity index (χ4v) is 3.09. The summed E-state index contributed by atoms with van der Waals surface area (Å²) >= 11 is 0. The zero-order valence-electron chi connectivity index (χ0n) is 18.8. The van der Waals surface area contributed by atoms with Gasteiger partial charge in [-0.1, -0.05) is 90.0 Å². The summed E-state index contributed by atoms with van der Waals surface area (Å²) in [5.74, 6) is 0. The number of quaternary nitrogens is 1. The number of unbranched alkanes of at least 4 members (excludes halogenated alkanes) is 13. The van der Waals surface area contributed by atoms with E-state index in [1.807, 2.05) is 18.2 Å². The highest BCUT2D eigenvalue weighted by atomic mass is 35.5. The van der Waals surface area contributed by atoms with Crippen molar-refractivity contribution in [3.8, 4) is 0 Å². The molecule has 0 fully saturated rings. The molecule has 2 nitrogen and oxygen atoms in total. The first-order valence-electron chi connectivity index (χ1n) is 11.2. The number of rotatable bonds is 15. The van der Waals surface area contributed by atoms with Gasteiger partial charge in [0.25, 0.3) is 0 Å². The maximum atomic E-state index is 3.78. The molecular formula is C24H47ClN2. The number of hydrogen-bond acceptors (Lipinski definition) is 1. The molecule has 1 aromatic rings. The molecule has 27 heavy (non-hydrogen) atoms. The average Bonchev–Trinajstić information content (AvgIpc) is 2.63. The predicted molar refractivity (Wildman–Crippen MR) is 117 cm³/mol. The molecule has 160 valence electrons. The van der Waals surface area contributed by atoms with E-state index in [0.717, 1.165) is 4.48 Å². The number of nitrogens with zero attached hydrogens (tertiary/aromatic N) is 2. The third kappa shape index (κ3) is 27.7. The van der Waals surface area contributed by atoms with Crippen molar-refractivity contribution < 1.29 is 16.9 Å². The van der Waals surface area contributed by atoms with Crippen LogP contribution in [-0.4, -0.2) is 37.2 Å². The van der Waals surface area contributed by atoms with Gasteiger partial charge >= 0.3 is 0 Å². The number of halogens is 1. The third-order valence-electron chi connectivity index (χ3n) is 4.75. The number of hydrogen-bond donors (Lipinski definition) is 0. The molecule has 0 aromatic carbocycles. The third-order valence-corrected chi connectivity index (χ3v) is 4.75. The summed E-state index contributed by atoms with van der Waals surface area (Å²) in [6, 6.07) is 5.72. The smallest absolute Gasteiger partial charge is 0.0780 e. The molecule has 0 radical (unpaired) electrons. The Balaban J connectivity index is 0. The van der Waals surface area contributed by atoms with E-state index in [2.05, 4.69) is 33.1 Å². The van der Waals surface area contributed by atoms with Crippen LogP contribution in [0.2, 0.25) is 0 Å². The maximum absolute atomic E-state index is 3.78. The molecule has 0 amide bonds. The molecule has 0 aliphatic carbocycles. The second-order valence-corrected chi connectivity index (χ2v) is 8.63. The molecule has 0 saturated carbocycles. The molecule has 0 unspecified atom stereocenters. The molecular weight excluding hydrogens is 352 g/mol. The summed E-state index contributed by atoms with van der Waals surface area (Å²) in [7, 11) is 6.88. The molecule has 0 N–H and O–H groups in total. The molecule has 0 spiro atoms. The second kappa shape index (κ2) is 21.7. The lowest BCUT2D eigenvalue weighted by Gasteiger charge is -2.23. The highest BCUT2D eigenvalue weighted by Crippen LogP contribution is 2.13. The van der Waals surface area contributed by atoms with E-state index < -0.39 is 0 Å². The molecule has 1 heterocycles. The van der Waals surface area contributed by atoms with Crippen molar-refractivity contribution >= 4 is 0 Å². The van der Waals surface area contributed by atoms with Gasteiger partial charge in [0.05, 0.1) is 27.7 Å². The van der Waals surface area contributed by atoms with Gasteiger partial charge in [0.1, 0.15) is 0 Å². The van der Waals surface area contributed by atoms with E-state index in [4.69, 9.17) is 0 Å². The first kappa shape index (κ1) is 28.6. The largest absolute Gasteiger partial charge is 1.00 e. The van der Waals surface area contributed by atoms with Gasteiger partial charge in [-0.15, -0.1) is 0 Å². The quantitative estimate of drug-likeness (QED) is 0.317. The molecule has 0 bridgehead atoms. The molecule has 0 atom stereocenters. The zero-order chi connectivity index (χ0) is 19.3. The summed E-state index contributed by atoms with van der Waals surface area (Å²) in [4.78, 5) is 3.78. The van der Waals surface area contributed by atoms with Crippen molar-refractivity contribution in [3.05, 3.63) is 30.6 Å². The van der Waals surface area contributed by atoms with Crippen LogP contribution in [0.3, 0.4) is 0 Å². The van der Waals surface area contributed by atoms with Gasteiger partial charge in [0.2, 0.25) is 0 Å². The van der Waals surface area contributed by atoms with E-state index in [-0.39, 0.29) is 12.4 Å². The lowest BCUT2D eigenvalue weighted by molar-refractivity contribution is -0.870. The van der Waals surface area contributed by atoms with Crippen molar-refractivity contribution in [1.82, 2.24) is 4.98 Å². The Morgan fingerprint density at radius 1 is 0.556 bits per heavy atom. The molecule has 1 rings (SSSR count). The summed E-state index contributed by atoms with van der Waals surface area (Å²) in [5, 5.41) is 0. The van der Waals surface area contributed by atoms with Gasteiger partial charge < -0.3 is 16.9 Å². The minimum absolute atomic E-state index is 0. The maximum Gasteiger partial charge on any atom is 0.0780 e. The first-order valence-corrected chi connectivity index (χ1v) is 11.2. The first-order chi connectivity index (χ1) is 12.6. The Morgan fingerprint density at radius 2 is 0.926 bits per heavy atom. The van der Waals surface area contributed by atoms with Crippen molar-refractivity contribution in [1.29, 1.82) is 0 Å². The predicted octanol–water partition coefficient (Wildman–Crippen LogP) is 4.26. The summed E-state index contributed by atoms with van der Waals surface area (Å²) < 4.78 is 1.12. The fraction of sp³-hybridized carbons (Fsp3) is 0.792. The highest BCUT2D eigenvalue weighted by molar-refractivity contribution is 4.88. The van der Waals surface area contributed by atoms with Crippen LogP contribution in [-0.2, 0) is 0 Å². The van der Waals surface area contributed by atoms with E-state index in [1.165, 1.54) is 96.4 Å². The fourth-order valence-electron chi connectivity index (χ4n) is 3.09. The van der Waals surface area contributed by atoms with Gasteiger partial charge in [-0.25, -0.2) is 0 Å². The summed E-state index contributed by atoms with van der Waals surface area (Å²) in [6.07, 6.45) is 23.9. The molecule has 0 aliphatic rings. The topological polar surface area (TPSA) is 12.9 Å². The SMILES string of the molecule is CCCCCCCCCCCCCCCC[N+](C)(C)C.[Cl-].c1ccncc1. The Labute approximate surface area is 177 Å². The van der Waals surface area contributed by atoms with Crippen molar-refractivity contribution in [2.24, 2.45) is 0 Å². The number of aromatic nitrogens is 1. The van der Waals surface area contributed by atoms with Crippen molar-refractivity contribution in [2.45, 2.75) is 96.8 Å². The van der Waals surface area contributed by atoms with Crippen molar-refractivity contribution in [2.75, 3.05) is 27.7 Å². The van der Waals surface area contributed by atoms with Gasteiger partial charge in [-0.3, -0.25) is 4.98 Å². The Kier molecular flexibility index (Phi) is 23.0. The molecule has 0 aliphatic heterocycles. The molecule has 1 aromatic heterocycles. The minimum Gasteiger partial charge on any atom is -1.00 e. The normalized spacial score (nSPS) is 10.7. The van der Waals surface area contributed by atoms with Crippen LogP contribution in [0.15, 0.2) is 30.6 Å². The van der Waals surface area contributed by atoms with Crippen LogP contribution in [0.4, 0.5) is 0 Å². The van der Waals surface area contributed by atoms with Crippen LogP contribution in [0.25, 0.3) is 0 Å². The molecule has 0 saturated heterocycles. The lowest BCUT2D eigenvalue weighted by Crippen LogP contribution is -3.00. The summed E-state index contributed by atoms with van der Waals surface area (Å²) in [5.41, 5.74) is 0.